The van der Waals surface area contributed by atoms with Crippen molar-refractivity contribution in [2.75, 3.05) is 0 Å². The highest BCUT2D eigenvalue weighted by molar-refractivity contribution is 6.17. The highest BCUT2D eigenvalue weighted by Crippen LogP contribution is 2.35. The number of fused-ring (bicyclic) bond motifs is 1. The van der Waals surface area contributed by atoms with Gasteiger partial charge in [-0.2, -0.15) is 0 Å². The molecule has 0 aliphatic heterocycles. The summed E-state index contributed by atoms with van der Waals surface area (Å²) >= 11 is 0. The van der Waals surface area contributed by atoms with Gasteiger partial charge in [0.05, 0.1) is 5.39 Å². The number of aryl methyl sites for hydroxylation is 1. The largest absolute Gasteiger partial charge is 0.504 e. The third-order valence-corrected chi connectivity index (χ3v) is 3.36. The maximum Gasteiger partial charge on any atom is 0.193 e. The van der Waals surface area contributed by atoms with Crippen molar-refractivity contribution < 1.29 is 14.3 Å². The first-order valence-electron chi connectivity index (χ1n) is 6.55. The third kappa shape index (κ3) is 1.88. The average molecular weight is 266 g/mol. The number of hydrogen-bond acceptors (Lipinski definition) is 3. The fourth-order valence-electron chi connectivity index (χ4n) is 2.35. The first kappa shape index (κ1) is 12.5. The van der Waals surface area contributed by atoms with E-state index in [1.807, 2.05) is 25.1 Å². The molecule has 3 aromatic rings. The summed E-state index contributed by atoms with van der Waals surface area (Å²) in [5.74, 6) is 0.464. The zero-order chi connectivity index (χ0) is 14.1. The van der Waals surface area contributed by atoms with Crippen LogP contribution in [0.5, 0.6) is 5.75 Å². The lowest BCUT2D eigenvalue weighted by atomic mass is 9.99. The molecule has 0 saturated carbocycles. The third-order valence-electron chi connectivity index (χ3n) is 3.36. The molecule has 1 N–H and O–H groups in total. The predicted molar refractivity (Wildman–Crippen MR) is 77.1 cm³/mol. The van der Waals surface area contributed by atoms with E-state index in [0.29, 0.717) is 34.3 Å². The van der Waals surface area contributed by atoms with Crippen LogP contribution in [0.25, 0.3) is 11.0 Å². The van der Waals surface area contributed by atoms with Crippen LogP contribution < -0.4 is 0 Å². The van der Waals surface area contributed by atoms with Crippen molar-refractivity contribution in [3.8, 4) is 5.75 Å². The Morgan fingerprint density at radius 2 is 1.85 bits per heavy atom. The SMILES string of the molecule is CCc1oc2cccc(C(=O)c3ccccc3)c2c1O. The van der Waals surface area contributed by atoms with Crippen molar-refractivity contribution in [3.63, 3.8) is 0 Å². The van der Waals surface area contributed by atoms with Gasteiger partial charge in [0.1, 0.15) is 11.3 Å². The molecule has 20 heavy (non-hydrogen) atoms. The normalized spacial score (nSPS) is 10.8. The van der Waals surface area contributed by atoms with E-state index in [2.05, 4.69) is 0 Å². The molecule has 0 aliphatic carbocycles. The van der Waals surface area contributed by atoms with E-state index < -0.39 is 0 Å². The summed E-state index contributed by atoms with van der Waals surface area (Å²) in [6.45, 7) is 1.90. The summed E-state index contributed by atoms with van der Waals surface area (Å²) in [6.07, 6.45) is 0.583. The fraction of sp³-hybridized carbons (Fsp3) is 0.118. The van der Waals surface area contributed by atoms with Crippen LogP contribution in [0.4, 0.5) is 0 Å². The van der Waals surface area contributed by atoms with Gasteiger partial charge in [-0.05, 0) is 6.07 Å². The average Bonchev–Trinajstić information content (AvgIpc) is 2.84. The van der Waals surface area contributed by atoms with Crippen LogP contribution in [0.15, 0.2) is 52.9 Å². The van der Waals surface area contributed by atoms with Crippen molar-refractivity contribution in [2.45, 2.75) is 13.3 Å². The van der Waals surface area contributed by atoms with Gasteiger partial charge in [0.2, 0.25) is 0 Å². The molecule has 0 amide bonds. The van der Waals surface area contributed by atoms with Crippen LogP contribution in [0.3, 0.4) is 0 Å². The molecule has 0 bridgehead atoms. The second kappa shape index (κ2) is 4.85. The highest BCUT2D eigenvalue weighted by Gasteiger charge is 2.19. The quantitative estimate of drug-likeness (QED) is 0.731. The molecule has 0 unspecified atom stereocenters. The molecule has 0 aliphatic rings. The zero-order valence-corrected chi connectivity index (χ0v) is 11.1. The van der Waals surface area contributed by atoms with Crippen molar-refractivity contribution in [1.82, 2.24) is 0 Å². The number of carbonyl (C=O) groups excluding carboxylic acids is 1. The maximum atomic E-state index is 12.6. The summed E-state index contributed by atoms with van der Waals surface area (Å²) in [5.41, 5.74) is 1.61. The van der Waals surface area contributed by atoms with Crippen molar-refractivity contribution >= 4 is 16.8 Å². The van der Waals surface area contributed by atoms with Crippen molar-refractivity contribution in [2.24, 2.45) is 0 Å². The topological polar surface area (TPSA) is 50.4 Å². The van der Waals surface area contributed by atoms with Gasteiger partial charge in [-0.3, -0.25) is 4.79 Å². The number of aromatic hydroxyl groups is 1. The predicted octanol–water partition coefficient (Wildman–Crippen LogP) is 3.93. The molecule has 1 aromatic heterocycles. The van der Waals surface area contributed by atoms with Crippen molar-refractivity contribution in [1.29, 1.82) is 0 Å². The van der Waals surface area contributed by atoms with Crippen LogP contribution in [0.1, 0.15) is 28.6 Å². The summed E-state index contributed by atoms with van der Waals surface area (Å²) in [7, 11) is 0. The first-order chi connectivity index (χ1) is 9.72. The number of carbonyl (C=O) groups is 1. The molecule has 0 fully saturated rings. The molecular formula is C17H14O3. The van der Waals surface area contributed by atoms with E-state index in [1.165, 1.54) is 0 Å². The number of ketones is 1. The summed E-state index contributed by atoms with van der Waals surface area (Å²) < 4.78 is 5.57. The Labute approximate surface area is 116 Å². The van der Waals surface area contributed by atoms with Gasteiger partial charge in [-0.1, -0.05) is 49.4 Å². The van der Waals surface area contributed by atoms with E-state index in [9.17, 15) is 9.90 Å². The minimum atomic E-state index is -0.116. The number of furan rings is 1. The number of benzene rings is 2. The summed E-state index contributed by atoms with van der Waals surface area (Å²) in [6, 6.07) is 14.3. The summed E-state index contributed by atoms with van der Waals surface area (Å²) in [4.78, 5) is 12.6. The number of rotatable bonds is 3. The lowest BCUT2D eigenvalue weighted by molar-refractivity contribution is 0.104. The molecule has 0 radical (unpaired) electrons. The van der Waals surface area contributed by atoms with Gasteiger partial charge >= 0.3 is 0 Å². The van der Waals surface area contributed by atoms with Gasteiger partial charge in [-0.25, -0.2) is 0 Å². The monoisotopic (exact) mass is 266 g/mol. The van der Waals surface area contributed by atoms with Gasteiger partial charge in [0, 0.05) is 17.5 Å². The number of hydrogen-bond donors (Lipinski definition) is 1. The second-order valence-electron chi connectivity index (χ2n) is 4.60. The van der Waals surface area contributed by atoms with Crippen LogP contribution in [-0.4, -0.2) is 10.9 Å². The van der Waals surface area contributed by atoms with Gasteiger partial charge in [0.15, 0.2) is 11.5 Å². The van der Waals surface area contributed by atoms with Crippen LogP contribution in [0.2, 0.25) is 0 Å². The maximum absolute atomic E-state index is 12.6. The van der Waals surface area contributed by atoms with Crippen LogP contribution in [-0.2, 0) is 6.42 Å². The first-order valence-corrected chi connectivity index (χ1v) is 6.55. The van der Waals surface area contributed by atoms with E-state index >= 15 is 0 Å². The molecule has 3 nitrogen and oxygen atoms in total. The fourth-order valence-corrected chi connectivity index (χ4v) is 2.35. The molecule has 3 rings (SSSR count). The van der Waals surface area contributed by atoms with Crippen molar-refractivity contribution in [3.05, 3.63) is 65.4 Å². The van der Waals surface area contributed by atoms with Gasteiger partial charge in [0.25, 0.3) is 0 Å². The van der Waals surface area contributed by atoms with E-state index in [0.717, 1.165) is 0 Å². The Bertz CT molecular complexity index is 770. The van der Waals surface area contributed by atoms with Crippen LogP contribution >= 0.6 is 0 Å². The van der Waals surface area contributed by atoms with Crippen LogP contribution in [0, 0.1) is 0 Å². The Balaban J connectivity index is 2.22. The Hall–Kier alpha value is -2.55. The smallest absolute Gasteiger partial charge is 0.193 e. The highest BCUT2D eigenvalue weighted by atomic mass is 16.4. The van der Waals surface area contributed by atoms with Gasteiger partial charge in [-0.15, -0.1) is 0 Å². The zero-order valence-electron chi connectivity index (χ0n) is 11.1. The molecule has 0 atom stereocenters. The molecule has 1 heterocycles. The van der Waals surface area contributed by atoms with E-state index in [4.69, 9.17) is 4.42 Å². The van der Waals surface area contributed by atoms with E-state index in [1.54, 1.807) is 30.3 Å². The summed E-state index contributed by atoms with van der Waals surface area (Å²) in [5, 5.41) is 10.7. The molecule has 3 heteroatoms. The Kier molecular flexibility index (Phi) is 3.03. The lowest BCUT2D eigenvalue weighted by Gasteiger charge is -2.02. The van der Waals surface area contributed by atoms with E-state index in [-0.39, 0.29) is 11.5 Å². The molecule has 100 valence electrons. The minimum Gasteiger partial charge on any atom is -0.504 e. The van der Waals surface area contributed by atoms with Gasteiger partial charge < -0.3 is 9.52 Å². The molecule has 0 saturated heterocycles. The Morgan fingerprint density at radius 3 is 2.55 bits per heavy atom. The molecule has 2 aromatic carbocycles. The lowest BCUT2D eigenvalue weighted by Crippen LogP contribution is -2.01. The second-order valence-corrected chi connectivity index (χ2v) is 4.60. The standard InChI is InChI=1S/C17H14O3/c1-2-13-17(19)15-12(9-6-10-14(15)20-13)16(18)11-7-4-3-5-8-11/h3-10,19H,2H2,1H3. The Morgan fingerprint density at radius 1 is 1.10 bits per heavy atom. The molecule has 0 spiro atoms. The molecular weight excluding hydrogens is 252 g/mol. The minimum absolute atomic E-state index is 0.0716.